The minimum atomic E-state index is -0.340. The van der Waals surface area contributed by atoms with Gasteiger partial charge in [-0.15, -0.1) is 5.10 Å². The fraction of sp³-hybridized carbons (Fsp3) is 0.292. The molecule has 1 aromatic heterocycles. The summed E-state index contributed by atoms with van der Waals surface area (Å²) in [4.78, 5) is 17.9. The summed E-state index contributed by atoms with van der Waals surface area (Å²) in [6.45, 7) is 4.22. The number of benzene rings is 2. The van der Waals surface area contributed by atoms with Gasteiger partial charge in [-0.05, 0) is 41.2 Å². The van der Waals surface area contributed by atoms with Gasteiger partial charge in [0.25, 0.3) is 0 Å². The fourth-order valence-corrected chi connectivity index (χ4v) is 5.44. The summed E-state index contributed by atoms with van der Waals surface area (Å²) >= 11 is 4.87. The van der Waals surface area contributed by atoms with Gasteiger partial charge in [0.15, 0.2) is 5.78 Å². The number of carbonyl (C=O) groups excluding carboxylic acids is 1. The van der Waals surface area contributed by atoms with E-state index in [0.29, 0.717) is 28.8 Å². The summed E-state index contributed by atoms with van der Waals surface area (Å²) in [6.07, 6.45) is 1.27. The molecule has 1 atom stereocenters. The zero-order valence-electron chi connectivity index (χ0n) is 17.7. The molecule has 5 rings (SSSR count). The lowest BCUT2D eigenvalue weighted by Crippen LogP contribution is -2.36. The normalized spacial score (nSPS) is 19.4. The smallest absolute Gasteiger partial charge is 0.227 e. The van der Waals surface area contributed by atoms with Crippen molar-refractivity contribution in [2.24, 2.45) is 5.41 Å². The van der Waals surface area contributed by atoms with E-state index in [1.54, 1.807) is 16.8 Å². The second-order valence-electron chi connectivity index (χ2n) is 8.95. The average molecular weight is 513 g/mol. The van der Waals surface area contributed by atoms with E-state index in [4.69, 9.17) is 5.10 Å². The Morgan fingerprint density at radius 3 is 2.69 bits per heavy atom. The number of hydrogen-bond donors (Lipinski definition) is 1. The molecule has 0 spiro atoms. The van der Waals surface area contributed by atoms with Crippen LogP contribution >= 0.6 is 27.7 Å². The molecule has 3 aromatic rings. The number of fused-ring (bicyclic) bond motifs is 1. The minimum absolute atomic E-state index is 0.113. The first-order valence-electron chi connectivity index (χ1n) is 10.4. The SMILES string of the molecule is CC1(C)CC(=O)C2=C(C1)Nc1nc(SCc3ccccc3F)nn1[C@H]2c1ccc(Br)cc1. The summed E-state index contributed by atoms with van der Waals surface area (Å²) in [7, 11) is 0. The first kappa shape index (κ1) is 21.4. The average Bonchev–Trinajstić information content (AvgIpc) is 3.14. The van der Waals surface area contributed by atoms with E-state index in [0.717, 1.165) is 27.7 Å². The maximum atomic E-state index is 14.0. The molecule has 0 fully saturated rings. The van der Waals surface area contributed by atoms with E-state index in [9.17, 15) is 9.18 Å². The van der Waals surface area contributed by atoms with Gasteiger partial charge in [-0.25, -0.2) is 9.07 Å². The lowest BCUT2D eigenvalue weighted by atomic mass is 9.73. The maximum Gasteiger partial charge on any atom is 0.227 e. The molecule has 1 N–H and O–H groups in total. The van der Waals surface area contributed by atoms with Gasteiger partial charge in [0, 0.05) is 27.9 Å². The van der Waals surface area contributed by atoms with Crippen LogP contribution in [0.25, 0.3) is 0 Å². The highest BCUT2D eigenvalue weighted by Gasteiger charge is 2.41. The molecule has 0 amide bonds. The molecule has 1 aliphatic heterocycles. The Kier molecular flexibility index (Phi) is 5.45. The quantitative estimate of drug-likeness (QED) is 0.426. The van der Waals surface area contributed by atoms with Crippen LogP contribution < -0.4 is 5.32 Å². The minimum Gasteiger partial charge on any atom is -0.328 e. The molecule has 0 saturated heterocycles. The molecule has 8 heteroatoms. The number of Topliss-reactive ketones (excluding diaryl/α,β-unsaturated/α-hetero) is 1. The highest BCUT2D eigenvalue weighted by Crippen LogP contribution is 2.45. The van der Waals surface area contributed by atoms with Crippen molar-refractivity contribution in [1.29, 1.82) is 0 Å². The van der Waals surface area contributed by atoms with Crippen LogP contribution in [0.1, 0.15) is 43.9 Å². The number of rotatable bonds is 4. The first-order chi connectivity index (χ1) is 15.3. The predicted molar refractivity (Wildman–Crippen MR) is 127 cm³/mol. The van der Waals surface area contributed by atoms with Crippen molar-refractivity contribution in [2.75, 3.05) is 5.32 Å². The second kappa shape index (κ2) is 8.15. The van der Waals surface area contributed by atoms with E-state index < -0.39 is 0 Å². The van der Waals surface area contributed by atoms with E-state index in [-0.39, 0.29) is 23.1 Å². The topological polar surface area (TPSA) is 59.8 Å². The third-order valence-electron chi connectivity index (χ3n) is 5.81. The Morgan fingerprint density at radius 1 is 1.19 bits per heavy atom. The number of thioether (sulfide) groups is 1. The van der Waals surface area contributed by atoms with Crippen LogP contribution in [0.2, 0.25) is 0 Å². The molecule has 164 valence electrons. The number of hydrogen-bond acceptors (Lipinski definition) is 5. The highest BCUT2D eigenvalue weighted by molar-refractivity contribution is 9.10. The zero-order chi connectivity index (χ0) is 22.5. The number of allylic oxidation sites excluding steroid dienone is 2. The van der Waals surface area contributed by atoms with Crippen LogP contribution in [-0.4, -0.2) is 20.5 Å². The van der Waals surface area contributed by atoms with Gasteiger partial charge >= 0.3 is 0 Å². The third-order valence-corrected chi connectivity index (χ3v) is 7.23. The molecule has 1 aliphatic carbocycles. The van der Waals surface area contributed by atoms with Crippen molar-refractivity contribution in [3.63, 3.8) is 0 Å². The van der Waals surface area contributed by atoms with Crippen molar-refractivity contribution in [2.45, 2.75) is 43.6 Å². The van der Waals surface area contributed by atoms with Crippen LogP contribution in [-0.2, 0) is 10.5 Å². The van der Waals surface area contributed by atoms with Crippen LogP contribution in [0.4, 0.5) is 10.3 Å². The van der Waals surface area contributed by atoms with Crippen molar-refractivity contribution in [1.82, 2.24) is 14.8 Å². The monoisotopic (exact) mass is 512 g/mol. The van der Waals surface area contributed by atoms with Gasteiger partial charge < -0.3 is 5.32 Å². The van der Waals surface area contributed by atoms with Crippen molar-refractivity contribution in [3.8, 4) is 0 Å². The Labute approximate surface area is 198 Å². The first-order valence-corrected chi connectivity index (χ1v) is 12.2. The van der Waals surface area contributed by atoms with Gasteiger partial charge in [-0.2, -0.15) is 4.98 Å². The van der Waals surface area contributed by atoms with Crippen LogP contribution in [0.5, 0.6) is 0 Å². The Bertz CT molecular complexity index is 1240. The second-order valence-corrected chi connectivity index (χ2v) is 10.8. The largest absolute Gasteiger partial charge is 0.328 e. The van der Waals surface area contributed by atoms with Gasteiger partial charge in [0.1, 0.15) is 11.9 Å². The molecular formula is C24H22BrFN4OS. The summed E-state index contributed by atoms with van der Waals surface area (Å²) in [5.74, 6) is 0.939. The number of aromatic nitrogens is 3. The zero-order valence-corrected chi connectivity index (χ0v) is 20.1. The summed E-state index contributed by atoms with van der Waals surface area (Å²) in [5, 5.41) is 8.65. The van der Waals surface area contributed by atoms with Crippen molar-refractivity contribution in [3.05, 3.63) is 81.2 Å². The highest BCUT2D eigenvalue weighted by atomic mass is 79.9. The summed E-state index contributed by atoms with van der Waals surface area (Å²) in [5.41, 5.74) is 3.15. The van der Waals surface area contributed by atoms with E-state index in [2.05, 4.69) is 40.1 Å². The maximum absolute atomic E-state index is 14.0. The van der Waals surface area contributed by atoms with Crippen LogP contribution in [0.15, 0.2) is 69.4 Å². The Hall–Kier alpha value is -2.45. The molecular weight excluding hydrogens is 491 g/mol. The van der Waals surface area contributed by atoms with Gasteiger partial charge in [0.05, 0.1) is 0 Å². The number of nitrogens with zero attached hydrogens (tertiary/aromatic N) is 3. The van der Waals surface area contributed by atoms with Crippen molar-refractivity contribution < 1.29 is 9.18 Å². The lowest BCUT2D eigenvalue weighted by Gasteiger charge is -2.38. The number of halogens is 2. The van der Waals surface area contributed by atoms with Crippen LogP contribution in [0, 0.1) is 11.2 Å². The molecule has 0 radical (unpaired) electrons. The van der Waals surface area contributed by atoms with Gasteiger partial charge in [0.2, 0.25) is 11.1 Å². The number of nitrogens with one attached hydrogen (secondary N) is 1. The van der Waals surface area contributed by atoms with Gasteiger partial charge in [-0.3, -0.25) is 4.79 Å². The van der Waals surface area contributed by atoms with E-state index >= 15 is 0 Å². The number of carbonyl (C=O) groups is 1. The number of ketones is 1. The molecule has 2 aromatic carbocycles. The third kappa shape index (κ3) is 4.01. The molecule has 0 saturated carbocycles. The molecule has 0 unspecified atom stereocenters. The molecule has 2 heterocycles. The molecule has 0 bridgehead atoms. The Balaban J connectivity index is 1.53. The lowest BCUT2D eigenvalue weighted by molar-refractivity contribution is -0.118. The van der Waals surface area contributed by atoms with Crippen molar-refractivity contribution >= 4 is 39.4 Å². The fourth-order valence-electron chi connectivity index (χ4n) is 4.36. The van der Waals surface area contributed by atoms with E-state index in [1.165, 1.54) is 17.8 Å². The summed E-state index contributed by atoms with van der Waals surface area (Å²) in [6, 6.07) is 14.3. The van der Waals surface area contributed by atoms with E-state index in [1.807, 2.05) is 30.3 Å². The molecule has 5 nitrogen and oxygen atoms in total. The number of anilines is 1. The summed E-state index contributed by atoms with van der Waals surface area (Å²) < 4.78 is 16.8. The Morgan fingerprint density at radius 2 is 1.94 bits per heavy atom. The van der Waals surface area contributed by atoms with Gasteiger partial charge in [-0.1, -0.05) is 71.9 Å². The predicted octanol–water partition coefficient (Wildman–Crippen LogP) is 6.13. The molecule has 32 heavy (non-hydrogen) atoms. The standard InChI is InChI=1S/C24H22BrFN4OS/c1-24(2)11-18-20(19(31)12-24)21(14-7-9-16(25)10-8-14)30-22(27-18)28-23(29-30)32-13-15-5-3-4-6-17(15)26/h3-10,21H,11-13H2,1-2H3,(H,27,28,29)/t21-/m0/s1. The van der Waals surface area contributed by atoms with Crippen LogP contribution in [0.3, 0.4) is 0 Å². The molecule has 2 aliphatic rings.